The Morgan fingerprint density at radius 1 is 1.35 bits per heavy atom. The summed E-state index contributed by atoms with van der Waals surface area (Å²) in [5.74, 6) is 0.416. The summed E-state index contributed by atoms with van der Waals surface area (Å²) in [5.41, 5.74) is 0.315. The molecule has 0 spiro atoms. The molecule has 1 aliphatic heterocycles. The highest BCUT2D eigenvalue weighted by molar-refractivity contribution is 6.06. The first-order valence-corrected chi connectivity index (χ1v) is 8.48. The number of carboxylic acid groups (broad SMARTS) is 1. The summed E-state index contributed by atoms with van der Waals surface area (Å²) in [5, 5.41) is 15.5. The Morgan fingerprint density at radius 2 is 1.91 bits per heavy atom. The molecule has 0 aromatic carbocycles. The van der Waals surface area contributed by atoms with Crippen LogP contribution in [0.3, 0.4) is 0 Å². The van der Waals surface area contributed by atoms with E-state index < -0.39 is 11.6 Å². The molecule has 1 aliphatic rings. The quantitative estimate of drug-likeness (QED) is 0.779. The van der Waals surface area contributed by atoms with Crippen LogP contribution >= 0.6 is 0 Å². The maximum Gasteiger partial charge on any atom is 0.407 e. The average Bonchev–Trinajstić information content (AvgIpc) is 2.81. The zero-order chi connectivity index (χ0) is 17.8. The third kappa shape index (κ3) is 5.22. The van der Waals surface area contributed by atoms with Crippen molar-refractivity contribution in [1.82, 2.24) is 9.91 Å². The zero-order valence-electron chi connectivity index (χ0n) is 15.3. The number of amides is 2. The number of carbonyl (C=O) groups excluding carboxylic acids is 1. The molecule has 2 amide bonds. The van der Waals surface area contributed by atoms with Gasteiger partial charge in [-0.3, -0.25) is 4.79 Å². The number of hydrogen-bond donors (Lipinski definition) is 1. The van der Waals surface area contributed by atoms with Crippen LogP contribution in [-0.4, -0.2) is 51.4 Å². The van der Waals surface area contributed by atoms with Gasteiger partial charge in [0.15, 0.2) is 0 Å². The number of hydrazone groups is 1. The lowest BCUT2D eigenvalue weighted by atomic mass is 9.99. The molecule has 0 aromatic rings. The highest BCUT2D eigenvalue weighted by Gasteiger charge is 2.33. The fourth-order valence-electron chi connectivity index (χ4n) is 2.72. The van der Waals surface area contributed by atoms with Crippen LogP contribution in [0.5, 0.6) is 0 Å². The van der Waals surface area contributed by atoms with Crippen LogP contribution < -0.4 is 0 Å². The summed E-state index contributed by atoms with van der Waals surface area (Å²) in [6.07, 6.45) is 1.41. The van der Waals surface area contributed by atoms with Crippen molar-refractivity contribution in [2.24, 2.45) is 16.9 Å². The number of nitrogens with zero attached hydrogens (tertiary/aromatic N) is 3. The minimum absolute atomic E-state index is 0.0244. The Hall–Kier alpha value is -1.59. The average molecular weight is 325 g/mol. The first-order valence-electron chi connectivity index (χ1n) is 8.48. The van der Waals surface area contributed by atoms with Gasteiger partial charge >= 0.3 is 6.09 Å². The van der Waals surface area contributed by atoms with Gasteiger partial charge in [0.2, 0.25) is 5.91 Å². The molecule has 0 bridgehead atoms. The minimum Gasteiger partial charge on any atom is -0.465 e. The van der Waals surface area contributed by atoms with E-state index in [2.05, 4.69) is 18.9 Å². The fraction of sp³-hybridized carbons (Fsp3) is 0.824. The van der Waals surface area contributed by atoms with Gasteiger partial charge in [-0.15, -0.1) is 0 Å². The van der Waals surface area contributed by atoms with Crippen molar-refractivity contribution < 1.29 is 14.7 Å². The van der Waals surface area contributed by atoms with Crippen LogP contribution in [0.4, 0.5) is 4.79 Å². The van der Waals surface area contributed by atoms with Crippen LogP contribution in [-0.2, 0) is 4.79 Å². The fourth-order valence-corrected chi connectivity index (χ4v) is 2.72. The van der Waals surface area contributed by atoms with Crippen LogP contribution in [0.25, 0.3) is 0 Å². The van der Waals surface area contributed by atoms with E-state index in [1.54, 1.807) is 5.01 Å². The van der Waals surface area contributed by atoms with Crippen molar-refractivity contribution >= 4 is 17.7 Å². The molecule has 0 fully saturated rings. The highest BCUT2D eigenvalue weighted by Crippen LogP contribution is 2.22. The summed E-state index contributed by atoms with van der Waals surface area (Å²) in [4.78, 5) is 25.0. The van der Waals surface area contributed by atoms with Crippen molar-refractivity contribution in [2.75, 3.05) is 13.1 Å². The van der Waals surface area contributed by atoms with E-state index in [4.69, 9.17) is 0 Å². The van der Waals surface area contributed by atoms with Crippen molar-refractivity contribution in [2.45, 2.75) is 66.3 Å². The highest BCUT2D eigenvalue weighted by atomic mass is 16.4. The summed E-state index contributed by atoms with van der Waals surface area (Å²) >= 11 is 0. The molecule has 6 heteroatoms. The molecule has 23 heavy (non-hydrogen) atoms. The molecule has 1 unspecified atom stereocenters. The molecule has 0 radical (unpaired) electrons. The number of rotatable bonds is 7. The number of hydrogen-bond acceptors (Lipinski definition) is 3. The Labute approximate surface area is 139 Å². The molecule has 0 saturated heterocycles. The van der Waals surface area contributed by atoms with Gasteiger partial charge in [-0.25, -0.2) is 9.80 Å². The van der Waals surface area contributed by atoms with Crippen molar-refractivity contribution in [3.63, 3.8) is 0 Å². The Balaban J connectivity index is 2.78. The second-order valence-electron chi connectivity index (χ2n) is 7.39. The Morgan fingerprint density at radius 3 is 2.35 bits per heavy atom. The van der Waals surface area contributed by atoms with Crippen molar-refractivity contribution in [1.29, 1.82) is 0 Å². The molecule has 1 atom stereocenters. The molecule has 0 aromatic heterocycles. The van der Waals surface area contributed by atoms with E-state index >= 15 is 0 Å². The SMILES string of the molecule is CCC(CC)CN1N=C(C(C)CN(C(=O)O)C(C)(C)C)CC1=O. The van der Waals surface area contributed by atoms with Crippen molar-refractivity contribution in [3.8, 4) is 0 Å². The minimum atomic E-state index is -0.942. The van der Waals surface area contributed by atoms with Gasteiger partial charge in [0, 0.05) is 24.5 Å². The molecular formula is C17H31N3O3. The van der Waals surface area contributed by atoms with E-state index in [9.17, 15) is 14.7 Å². The van der Waals surface area contributed by atoms with Crippen LogP contribution in [0, 0.1) is 11.8 Å². The predicted molar refractivity (Wildman–Crippen MR) is 91.5 cm³/mol. The predicted octanol–water partition coefficient (Wildman–Crippen LogP) is 3.43. The molecule has 6 nitrogen and oxygen atoms in total. The maximum atomic E-state index is 12.2. The number of carbonyl (C=O) groups is 2. The smallest absolute Gasteiger partial charge is 0.407 e. The largest absolute Gasteiger partial charge is 0.465 e. The zero-order valence-corrected chi connectivity index (χ0v) is 15.3. The summed E-state index contributed by atoms with van der Waals surface area (Å²) in [7, 11) is 0. The second-order valence-corrected chi connectivity index (χ2v) is 7.39. The molecule has 1 rings (SSSR count). The van der Waals surface area contributed by atoms with Gasteiger partial charge in [0.05, 0.1) is 12.1 Å². The first kappa shape index (κ1) is 19.5. The Kier molecular flexibility index (Phi) is 6.59. The summed E-state index contributed by atoms with van der Waals surface area (Å²) < 4.78 is 0. The van der Waals surface area contributed by atoms with Gasteiger partial charge in [-0.2, -0.15) is 5.10 Å². The van der Waals surface area contributed by atoms with Crippen LogP contribution in [0.15, 0.2) is 5.10 Å². The third-order valence-corrected chi connectivity index (χ3v) is 4.52. The lowest BCUT2D eigenvalue weighted by molar-refractivity contribution is -0.129. The van der Waals surface area contributed by atoms with E-state index in [1.165, 1.54) is 4.90 Å². The van der Waals surface area contributed by atoms with Gasteiger partial charge in [0.25, 0.3) is 0 Å². The van der Waals surface area contributed by atoms with Crippen molar-refractivity contribution in [3.05, 3.63) is 0 Å². The molecular weight excluding hydrogens is 294 g/mol. The second kappa shape index (κ2) is 7.79. The molecule has 1 N–H and O–H groups in total. The van der Waals surface area contributed by atoms with E-state index in [1.807, 2.05) is 27.7 Å². The molecule has 0 saturated carbocycles. The maximum absolute atomic E-state index is 12.2. The van der Waals surface area contributed by atoms with Gasteiger partial charge in [-0.05, 0) is 26.7 Å². The monoisotopic (exact) mass is 325 g/mol. The van der Waals surface area contributed by atoms with Gasteiger partial charge < -0.3 is 10.0 Å². The topological polar surface area (TPSA) is 73.2 Å². The van der Waals surface area contributed by atoms with E-state index in [0.717, 1.165) is 18.6 Å². The van der Waals surface area contributed by atoms with Gasteiger partial charge in [-0.1, -0.05) is 33.6 Å². The molecule has 0 aliphatic carbocycles. The van der Waals surface area contributed by atoms with E-state index in [-0.39, 0.29) is 11.8 Å². The first-order chi connectivity index (χ1) is 10.6. The lowest BCUT2D eigenvalue weighted by Gasteiger charge is -2.35. The Bertz CT molecular complexity index is 464. The van der Waals surface area contributed by atoms with Gasteiger partial charge in [0.1, 0.15) is 0 Å². The third-order valence-electron chi connectivity index (χ3n) is 4.52. The summed E-state index contributed by atoms with van der Waals surface area (Å²) in [6.45, 7) is 12.8. The van der Waals surface area contributed by atoms with Crippen LogP contribution in [0.2, 0.25) is 0 Å². The molecule has 1 heterocycles. The lowest BCUT2D eigenvalue weighted by Crippen LogP contribution is -2.47. The summed E-state index contributed by atoms with van der Waals surface area (Å²) in [6, 6.07) is 0. The standard InChI is InChI=1S/C17H31N3O3/c1-7-13(8-2)11-20-15(21)9-14(18-20)12(3)10-19(16(22)23)17(4,5)6/h12-13H,7-11H2,1-6H3,(H,22,23). The van der Waals surface area contributed by atoms with Crippen LogP contribution in [0.1, 0.15) is 60.8 Å². The van der Waals surface area contributed by atoms with E-state index in [0.29, 0.717) is 25.4 Å². The molecule has 132 valence electrons. The normalized spacial score (nSPS) is 16.7.